The third-order valence-electron chi connectivity index (χ3n) is 2.77. The van der Waals surface area contributed by atoms with Gasteiger partial charge in [0.15, 0.2) is 0 Å². The lowest BCUT2D eigenvalue weighted by atomic mass is 10.0. The Morgan fingerprint density at radius 3 is 2.84 bits per heavy atom. The second-order valence-corrected chi connectivity index (χ2v) is 4.28. The molecule has 0 aliphatic carbocycles. The van der Waals surface area contributed by atoms with Crippen LogP contribution >= 0.6 is 0 Å². The van der Waals surface area contributed by atoms with Crippen LogP contribution in [0.25, 0.3) is 6.08 Å². The van der Waals surface area contributed by atoms with Crippen molar-refractivity contribution in [3.05, 3.63) is 24.0 Å². The number of hydrogen-bond donors (Lipinski definition) is 2. The minimum absolute atomic E-state index is 0.151. The number of aryl methyl sites for hydroxylation is 1. The van der Waals surface area contributed by atoms with Gasteiger partial charge in [0.25, 0.3) is 0 Å². The Balaban J connectivity index is 2.45. The van der Waals surface area contributed by atoms with Crippen LogP contribution in [0.15, 0.2) is 18.3 Å². The molecule has 104 valence electrons. The average Bonchev–Trinajstić information content (AvgIpc) is 2.77. The molecule has 1 unspecified atom stereocenters. The molecule has 19 heavy (non-hydrogen) atoms. The molecule has 1 amide bonds. The molecule has 6 heteroatoms. The number of carboxylic acids is 1. The molecule has 1 aromatic heterocycles. The number of aromatic nitrogens is 2. The molecule has 0 aliphatic heterocycles. The third-order valence-corrected chi connectivity index (χ3v) is 2.77. The second-order valence-electron chi connectivity index (χ2n) is 4.28. The number of aliphatic carboxylic acids is 1. The van der Waals surface area contributed by atoms with Crippen LogP contribution in [0.1, 0.15) is 25.5 Å². The minimum Gasteiger partial charge on any atom is -0.481 e. The van der Waals surface area contributed by atoms with Crippen molar-refractivity contribution in [3.8, 4) is 0 Å². The first-order valence-electron chi connectivity index (χ1n) is 6.21. The Bertz CT molecular complexity index is 465. The van der Waals surface area contributed by atoms with Gasteiger partial charge in [-0.2, -0.15) is 5.10 Å². The summed E-state index contributed by atoms with van der Waals surface area (Å²) in [5.74, 6) is -1.71. The third kappa shape index (κ3) is 4.95. The van der Waals surface area contributed by atoms with Crippen LogP contribution in [-0.2, 0) is 16.6 Å². The summed E-state index contributed by atoms with van der Waals surface area (Å²) < 4.78 is 1.64. The van der Waals surface area contributed by atoms with Crippen molar-refractivity contribution in [2.45, 2.75) is 19.8 Å². The van der Waals surface area contributed by atoms with Gasteiger partial charge in [-0.25, -0.2) is 0 Å². The maximum absolute atomic E-state index is 11.6. The van der Waals surface area contributed by atoms with E-state index >= 15 is 0 Å². The molecule has 0 spiro atoms. The van der Waals surface area contributed by atoms with E-state index in [0.717, 1.165) is 12.1 Å². The van der Waals surface area contributed by atoms with Gasteiger partial charge in [0.05, 0.1) is 11.6 Å². The number of carbonyl (C=O) groups is 2. The van der Waals surface area contributed by atoms with Gasteiger partial charge in [0.2, 0.25) is 5.91 Å². The lowest BCUT2D eigenvalue weighted by Gasteiger charge is -2.10. The van der Waals surface area contributed by atoms with E-state index in [4.69, 9.17) is 5.11 Å². The fraction of sp³-hybridized carbons (Fsp3) is 0.462. The smallest absolute Gasteiger partial charge is 0.308 e. The summed E-state index contributed by atoms with van der Waals surface area (Å²) in [6, 6.07) is 1.78. The second kappa shape index (κ2) is 7.35. The molecule has 0 saturated heterocycles. The first-order valence-corrected chi connectivity index (χ1v) is 6.21. The van der Waals surface area contributed by atoms with Gasteiger partial charge < -0.3 is 10.4 Å². The number of amides is 1. The van der Waals surface area contributed by atoms with Crippen LogP contribution in [0.2, 0.25) is 0 Å². The Morgan fingerprint density at radius 1 is 1.58 bits per heavy atom. The van der Waals surface area contributed by atoms with Gasteiger partial charge in [0, 0.05) is 25.9 Å². The van der Waals surface area contributed by atoms with Gasteiger partial charge in [-0.3, -0.25) is 14.3 Å². The van der Waals surface area contributed by atoms with E-state index < -0.39 is 11.9 Å². The Kier molecular flexibility index (Phi) is 5.78. The number of carbonyl (C=O) groups excluding carboxylic acids is 1. The van der Waals surface area contributed by atoms with Gasteiger partial charge in [0.1, 0.15) is 0 Å². The monoisotopic (exact) mass is 265 g/mol. The average molecular weight is 265 g/mol. The Labute approximate surface area is 112 Å². The molecule has 0 radical (unpaired) electrons. The zero-order valence-electron chi connectivity index (χ0n) is 11.2. The normalized spacial score (nSPS) is 12.5. The van der Waals surface area contributed by atoms with Crippen LogP contribution in [0, 0.1) is 5.92 Å². The lowest BCUT2D eigenvalue weighted by Crippen LogP contribution is -2.31. The highest BCUT2D eigenvalue weighted by Gasteiger charge is 2.16. The number of nitrogens with zero attached hydrogens (tertiary/aromatic N) is 2. The molecule has 1 heterocycles. The summed E-state index contributed by atoms with van der Waals surface area (Å²) in [5.41, 5.74) is 0.804. The van der Waals surface area contributed by atoms with Crippen LogP contribution in [-0.4, -0.2) is 33.3 Å². The zero-order valence-corrected chi connectivity index (χ0v) is 11.2. The summed E-state index contributed by atoms with van der Waals surface area (Å²) in [7, 11) is 1.78. The summed E-state index contributed by atoms with van der Waals surface area (Å²) in [6.45, 7) is 2.07. The van der Waals surface area contributed by atoms with Crippen molar-refractivity contribution in [3.63, 3.8) is 0 Å². The van der Waals surface area contributed by atoms with E-state index in [2.05, 4.69) is 10.4 Å². The molecule has 1 aromatic rings. The number of carboxylic acid groups (broad SMARTS) is 1. The van der Waals surface area contributed by atoms with Crippen molar-refractivity contribution in [1.29, 1.82) is 0 Å². The van der Waals surface area contributed by atoms with E-state index in [-0.39, 0.29) is 12.5 Å². The van der Waals surface area contributed by atoms with Crippen LogP contribution in [0.3, 0.4) is 0 Å². The van der Waals surface area contributed by atoms with Gasteiger partial charge >= 0.3 is 5.97 Å². The molecular weight excluding hydrogens is 246 g/mol. The van der Waals surface area contributed by atoms with Crippen molar-refractivity contribution in [2.75, 3.05) is 6.54 Å². The quantitative estimate of drug-likeness (QED) is 0.722. The highest BCUT2D eigenvalue weighted by Crippen LogP contribution is 2.05. The van der Waals surface area contributed by atoms with E-state index in [1.165, 1.54) is 6.08 Å². The summed E-state index contributed by atoms with van der Waals surface area (Å²) >= 11 is 0. The lowest BCUT2D eigenvalue weighted by molar-refractivity contribution is -0.141. The van der Waals surface area contributed by atoms with E-state index in [9.17, 15) is 9.59 Å². The maximum atomic E-state index is 11.6. The predicted molar refractivity (Wildman–Crippen MR) is 71.3 cm³/mol. The van der Waals surface area contributed by atoms with Crippen LogP contribution in [0.4, 0.5) is 0 Å². The predicted octanol–water partition coefficient (Wildman–Crippen LogP) is 1.05. The number of hydrogen-bond acceptors (Lipinski definition) is 3. The number of nitrogens with one attached hydrogen (secondary N) is 1. The zero-order chi connectivity index (χ0) is 14.3. The molecule has 0 saturated carbocycles. The summed E-state index contributed by atoms with van der Waals surface area (Å²) in [4.78, 5) is 22.5. The molecule has 0 fully saturated rings. The topological polar surface area (TPSA) is 84.2 Å². The molecule has 0 aliphatic rings. The number of rotatable bonds is 7. The molecule has 0 bridgehead atoms. The van der Waals surface area contributed by atoms with Crippen LogP contribution < -0.4 is 5.32 Å². The summed E-state index contributed by atoms with van der Waals surface area (Å²) in [6.07, 6.45) is 5.98. The highest BCUT2D eigenvalue weighted by molar-refractivity contribution is 5.91. The SMILES string of the molecule is CCCC(CNC(=O)C=Cc1ccnn1C)C(=O)O. The van der Waals surface area contributed by atoms with Crippen molar-refractivity contribution < 1.29 is 14.7 Å². The first kappa shape index (κ1) is 14.9. The van der Waals surface area contributed by atoms with Gasteiger partial charge in [-0.15, -0.1) is 0 Å². The van der Waals surface area contributed by atoms with Crippen molar-refractivity contribution in [2.24, 2.45) is 13.0 Å². The van der Waals surface area contributed by atoms with Crippen molar-refractivity contribution >= 4 is 18.0 Å². The maximum Gasteiger partial charge on any atom is 0.308 e. The molecular formula is C13H19N3O3. The standard InChI is InChI=1S/C13H19N3O3/c1-3-4-10(13(18)19)9-14-12(17)6-5-11-7-8-15-16(11)2/h5-8,10H,3-4,9H2,1-2H3,(H,14,17)(H,18,19). The first-order chi connectivity index (χ1) is 9.04. The molecule has 0 aromatic carbocycles. The Hall–Kier alpha value is -2.11. The van der Waals surface area contributed by atoms with E-state index in [0.29, 0.717) is 6.42 Å². The van der Waals surface area contributed by atoms with E-state index in [1.54, 1.807) is 30.1 Å². The van der Waals surface area contributed by atoms with Gasteiger partial charge in [-0.1, -0.05) is 13.3 Å². The summed E-state index contributed by atoms with van der Waals surface area (Å²) in [5, 5.41) is 15.5. The Morgan fingerprint density at radius 2 is 2.32 bits per heavy atom. The molecule has 2 N–H and O–H groups in total. The van der Waals surface area contributed by atoms with Gasteiger partial charge in [-0.05, 0) is 18.6 Å². The minimum atomic E-state index is -0.877. The molecule has 6 nitrogen and oxygen atoms in total. The fourth-order valence-electron chi connectivity index (χ4n) is 1.65. The highest BCUT2D eigenvalue weighted by atomic mass is 16.4. The largest absolute Gasteiger partial charge is 0.481 e. The van der Waals surface area contributed by atoms with Crippen LogP contribution in [0.5, 0.6) is 0 Å². The molecule has 1 atom stereocenters. The van der Waals surface area contributed by atoms with E-state index in [1.807, 2.05) is 6.92 Å². The fourth-order valence-corrected chi connectivity index (χ4v) is 1.65. The molecule has 1 rings (SSSR count). The van der Waals surface area contributed by atoms with Crippen molar-refractivity contribution in [1.82, 2.24) is 15.1 Å².